The summed E-state index contributed by atoms with van der Waals surface area (Å²) in [7, 11) is -4.62. The van der Waals surface area contributed by atoms with E-state index in [1.54, 1.807) is 18.4 Å². The molecule has 0 aliphatic rings. The van der Waals surface area contributed by atoms with Crippen LogP contribution >= 0.6 is 0 Å². The molecule has 0 bridgehead atoms. The number of para-hydroxylation sites is 1. The molecule has 0 radical (unpaired) electrons. The fourth-order valence-electron chi connectivity index (χ4n) is 3.07. The number of nitrogens with zero attached hydrogens (tertiary/aromatic N) is 3. The number of rotatable bonds is 7. The predicted octanol–water partition coefficient (Wildman–Crippen LogP) is 2.30. The van der Waals surface area contributed by atoms with Crippen LogP contribution in [-0.4, -0.2) is 39.7 Å². The summed E-state index contributed by atoms with van der Waals surface area (Å²) in [6.45, 7) is 5.78. The summed E-state index contributed by atoms with van der Waals surface area (Å²) in [5.74, 6) is 0.831. The Morgan fingerprint density at radius 3 is 2.63 bits per heavy atom. The Morgan fingerprint density at radius 1 is 1.26 bits per heavy atom. The zero-order chi connectivity index (χ0) is 19.8. The van der Waals surface area contributed by atoms with Crippen LogP contribution in [0.3, 0.4) is 0 Å². The van der Waals surface area contributed by atoms with Gasteiger partial charge in [-0.15, -0.1) is 0 Å². The van der Waals surface area contributed by atoms with Gasteiger partial charge in [-0.2, -0.15) is 8.42 Å². The smallest absolute Gasteiger partial charge is 0.382 e. The van der Waals surface area contributed by atoms with E-state index in [2.05, 4.69) is 9.97 Å². The lowest BCUT2D eigenvalue weighted by atomic mass is 10.1. The largest absolute Gasteiger partial charge is 0.397 e. The second-order valence-electron chi connectivity index (χ2n) is 6.73. The van der Waals surface area contributed by atoms with E-state index in [-0.39, 0.29) is 19.0 Å². The average molecular weight is 394 g/mol. The lowest BCUT2D eigenvalue weighted by molar-refractivity contribution is 0.0768. The number of aromatic nitrogens is 3. The van der Waals surface area contributed by atoms with Crippen molar-refractivity contribution in [1.82, 2.24) is 14.5 Å². The van der Waals surface area contributed by atoms with E-state index in [1.165, 1.54) is 0 Å². The average Bonchev–Trinajstić information content (AvgIpc) is 2.89. The van der Waals surface area contributed by atoms with E-state index in [4.69, 9.17) is 19.2 Å². The van der Waals surface area contributed by atoms with Crippen LogP contribution in [0.4, 0.5) is 5.82 Å². The summed E-state index contributed by atoms with van der Waals surface area (Å²) in [6.07, 6.45) is 0. The molecule has 0 saturated heterocycles. The molecule has 146 valence electrons. The molecule has 0 aliphatic heterocycles. The van der Waals surface area contributed by atoms with Gasteiger partial charge in [-0.05, 0) is 26.8 Å². The van der Waals surface area contributed by atoms with Gasteiger partial charge in [-0.3, -0.25) is 4.55 Å². The number of pyridine rings is 1. The van der Waals surface area contributed by atoms with E-state index in [1.807, 2.05) is 31.2 Å². The first-order valence-electron chi connectivity index (χ1n) is 8.40. The summed E-state index contributed by atoms with van der Waals surface area (Å²) >= 11 is 0. The maximum Gasteiger partial charge on any atom is 0.397 e. The molecule has 0 amide bonds. The quantitative estimate of drug-likeness (QED) is 0.584. The monoisotopic (exact) mass is 394 g/mol. The molecule has 0 fully saturated rings. The van der Waals surface area contributed by atoms with E-state index >= 15 is 0 Å². The number of nitrogens with two attached hydrogens (primary N) is 1. The van der Waals surface area contributed by atoms with E-state index < -0.39 is 16.0 Å². The van der Waals surface area contributed by atoms with Crippen LogP contribution in [0.15, 0.2) is 24.3 Å². The Labute approximate surface area is 157 Å². The highest BCUT2D eigenvalue weighted by Gasteiger charge is 2.29. The van der Waals surface area contributed by atoms with Crippen molar-refractivity contribution in [3.8, 4) is 0 Å². The maximum atomic E-state index is 11.2. The number of anilines is 1. The molecule has 3 N–H and O–H groups in total. The molecule has 0 saturated carbocycles. The molecule has 1 aromatic carbocycles. The first-order valence-corrected chi connectivity index (χ1v) is 9.77. The minimum Gasteiger partial charge on any atom is -0.382 e. The molecule has 2 heterocycles. The van der Waals surface area contributed by atoms with Crippen molar-refractivity contribution in [2.24, 2.45) is 0 Å². The summed E-state index contributed by atoms with van der Waals surface area (Å²) < 4.78 is 43.7. The van der Waals surface area contributed by atoms with Gasteiger partial charge < -0.3 is 15.0 Å². The predicted molar refractivity (Wildman–Crippen MR) is 101 cm³/mol. The second kappa shape index (κ2) is 7.04. The highest BCUT2D eigenvalue weighted by molar-refractivity contribution is 7.80. The molecule has 3 rings (SSSR count). The Balaban J connectivity index is 2.24. The van der Waals surface area contributed by atoms with Crippen LogP contribution < -0.4 is 5.73 Å². The molecule has 9 nitrogen and oxygen atoms in total. The van der Waals surface area contributed by atoms with Crippen molar-refractivity contribution in [2.45, 2.75) is 39.5 Å². The minimum atomic E-state index is -4.62. The van der Waals surface area contributed by atoms with Gasteiger partial charge in [0.05, 0.1) is 17.6 Å². The van der Waals surface area contributed by atoms with Crippen LogP contribution in [0.1, 0.15) is 26.6 Å². The van der Waals surface area contributed by atoms with Gasteiger partial charge in [0.1, 0.15) is 23.5 Å². The zero-order valence-electron chi connectivity index (χ0n) is 15.3. The Bertz CT molecular complexity index is 1090. The topological polar surface area (TPSA) is 130 Å². The van der Waals surface area contributed by atoms with Gasteiger partial charge in [-0.25, -0.2) is 14.2 Å². The molecule has 3 aromatic rings. The summed E-state index contributed by atoms with van der Waals surface area (Å²) in [5.41, 5.74) is 6.78. The summed E-state index contributed by atoms with van der Waals surface area (Å²) in [5, 5.41) is 0.819. The van der Waals surface area contributed by atoms with Crippen LogP contribution in [0, 0.1) is 0 Å². The first-order chi connectivity index (χ1) is 12.6. The number of imidazole rings is 1. The van der Waals surface area contributed by atoms with Crippen molar-refractivity contribution in [3.63, 3.8) is 0 Å². The first kappa shape index (κ1) is 19.5. The van der Waals surface area contributed by atoms with Crippen LogP contribution in [0.25, 0.3) is 21.9 Å². The fraction of sp³-hybridized carbons (Fsp3) is 0.412. The number of benzene rings is 1. The van der Waals surface area contributed by atoms with Gasteiger partial charge in [-0.1, -0.05) is 18.2 Å². The van der Waals surface area contributed by atoms with Crippen LogP contribution in [-0.2, 0) is 32.5 Å². The molecule has 0 unspecified atom stereocenters. The third kappa shape index (κ3) is 4.19. The van der Waals surface area contributed by atoms with Crippen molar-refractivity contribution in [2.75, 3.05) is 12.3 Å². The number of ether oxygens (including phenoxy) is 1. The van der Waals surface area contributed by atoms with Crippen LogP contribution in [0.5, 0.6) is 0 Å². The number of hydrogen-bond acceptors (Lipinski definition) is 7. The third-order valence-electron chi connectivity index (χ3n) is 3.99. The number of fused-ring (bicyclic) bond motifs is 3. The van der Waals surface area contributed by atoms with Crippen molar-refractivity contribution in [3.05, 3.63) is 30.1 Å². The molecule has 0 aliphatic carbocycles. The van der Waals surface area contributed by atoms with Gasteiger partial charge in [0.15, 0.2) is 5.82 Å². The molecule has 2 aromatic heterocycles. The molecular formula is C17H22N4O5S. The third-order valence-corrected chi connectivity index (χ3v) is 4.66. The normalized spacial score (nSPS) is 12.9. The van der Waals surface area contributed by atoms with E-state index in [9.17, 15) is 8.42 Å². The van der Waals surface area contributed by atoms with E-state index in [0.29, 0.717) is 29.0 Å². The fourth-order valence-corrected chi connectivity index (χ4v) is 3.69. The Morgan fingerprint density at radius 2 is 1.96 bits per heavy atom. The summed E-state index contributed by atoms with van der Waals surface area (Å²) in [6, 6.07) is 7.46. The standard InChI is InChI=1S/C17H22N4O5S/c1-4-25-9-13-20-14-15(11-7-5-6-8-12(11)19-16(14)18)21(13)10-17(2,3)26-27(22,23)24/h5-8H,4,9-10H2,1-3H3,(H2,18,19)(H,22,23,24). The van der Waals surface area contributed by atoms with Gasteiger partial charge in [0.2, 0.25) is 0 Å². The van der Waals surface area contributed by atoms with Crippen molar-refractivity contribution >= 4 is 38.2 Å². The maximum absolute atomic E-state index is 11.2. The second-order valence-corrected chi connectivity index (χ2v) is 7.76. The minimum absolute atomic E-state index is 0.0964. The van der Waals surface area contributed by atoms with Gasteiger partial charge in [0.25, 0.3) is 0 Å². The van der Waals surface area contributed by atoms with Gasteiger partial charge >= 0.3 is 10.4 Å². The van der Waals surface area contributed by atoms with Crippen molar-refractivity contribution < 1.29 is 21.9 Å². The zero-order valence-corrected chi connectivity index (χ0v) is 16.2. The van der Waals surface area contributed by atoms with Crippen LogP contribution in [0.2, 0.25) is 0 Å². The number of hydrogen-bond donors (Lipinski definition) is 2. The summed E-state index contributed by atoms with van der Waals surface area (Å²) in [4.78, 5) is 8.95. The molecule has 10 heteroatoms. The number of nitrogen functional groups attached to an aromatic ring is 1. The highest BCUT2D eigenvalue weighted by atomic mass is 32.3. The SMILES string of the molecule is CCOCc1nc2c(N)nc3ccccc3c2n1CC(C)(C)OS(=O)(=O)O. The molecule has 27 heavy (non-hydrogen) atoms. The Hall–Kier alpha value is -2.27. The highest BCUT2D eigenvalue weighted by Crippen LogP contribution is 2.31. The lowest BCUT2D eigenvalue weighted by Gasteiger charge is -2.25. The molecule has 0 atom stereocenters. The van der Waals surface area contributed by atoms with Crippen molar-refractivity contribution in [1.29, 1.82) is 0 Å². The Kier molecular flexibility index (Phi) is 5.08. The van der Waals surface area contributed by atoms with E-state index in [0.717, 1.165) is 5.39 Å². The lowest BCUT2D eigenvalue weighted by Crippen LogP contribution is -2.33. The molecular weight excluding hydrogens is 372 g/mol. The molecule has 0 spiro atoms. The van der Waals surface area contributed by atoms with Gasteiger partial charge in [0, 0.05) is 12.0 Å².